The van der Waals surface area contributed by atoms with Crippen LogP contribution >= 0.6 is 0 Å². The van der Waals surface area contributed by atoms with Crippen molar-refractivity contribution in [2.45, 2.75) is 26.4 Å². The molecule has 0 spiro atoms. The summed E-state index contributed by atoms with van der Waals surface area (Å²) in [4.78, 5) is 11.4. The normalized spacial score (nSPS) is 12.3. The molecule has 0 aliphatic rings. The fourth-order valence-corrected chi connectivity index (χ4v) is 1.57. The minimum Gasteiger partial charge on any atom is -0.391 e. The molecule has 4 nitrogen and oxygen atoms in total. The molecule has 0 aromatic heterocycles. The molecule has 118 valence electrons. The maximum atomic E-state index is 13.0. The zero-order valence-electron chi connectivity index (χ0n) is 11.9. The number of hydrogen-bond acceptors (Lipinski definition) is 2. The quantitative estimate of drug-likeness (QED) is 0.704. The molecular weight excluding hydrogens is 285 g/mol. The number of halogens is 3. The zero-order chi connectivity index (χ0) is 16.0. The van der Waals surface area contributed by atoms with Gasteiger partial charge in [-0.05, 0) is 30.0 Å². The van der Waals surface area contributed by atoms with Crippen LogP contribution in [0.15, 0.2) is 12.1 Å². The minimum atomic E-state index is -1.51. The van der Waals surface area contributed by atoms with Gasteiger partial charge in [-0.25, -0.2) is 18.0 Å². The maximum Gasteiger partial charge on any atom is 0.314 e. The fraction of sp³-hybridized carbons (Fsp3) is 0.500. The van der Waals surface area contributed by atoms with Gasteiger partial charge in [-0.1, -0.05) is 13.8 Å². The lowest BCUT2D eigenvalue weighted by atomic mass is 10.1. The Kier molecular flexibility index (Phi) is 6.48. The van der Waals surface area contributed by atoms with Gasteiger partial charge < -0.3 is 15.7 Å². The van der Waals surface area contributed by atoms with E-state index < -0.39 is 29.6 Å². The monoisotopic (exact) mass is 304 g/mol. The first-order valence-corrected chi connectivity index (χ1v) is 6.64. The van der Waals surface area contributed by atoms with Gasteiger partial charge in [0, 0.05) is 13.1 Å². The molecule has 7 heteroatoms. The summed E-state index contributed by atoms with van der Waals surface area (Å²) < 4.78 is 38.7. The first kappa shape index (κ1) is 17.3. The van der Waals surface area contributed by atoms with Crippen LogP contribution in [0, 0.1) is 23.4 Å². The van der Waals surface area contributed by atoms with Crippen LogP contribution in [0.1, 0.15) is 19.4 Å². The molecule has 1 aromatic rings. The average Bonchev–Trinajstić information content (AvgIpc) is 2.41. The third-order valence-electron chi connectivity index (χ3n) is 2.98. The minimum absolute atomic E-state index is 0.0236. The van der Waals surface area contributed by atoms with Crippen molar-refractivity contribution in [3.05, 3.63) is 35.1 Å². The van der Waals surface area contributed by atoms with Crippen molar-refractivity contribution in [2.75, 3.05) is 13.1 Å². The lowest BCUT2D eigenvalue weighted by Crippen LogP contribution is -2.41. The van der Waals surface area contributed by atoms with Crippen molar-refractivity contribution in [2.24, 2.45) is 5.92 Å². The van der Waals surface area contributed by atoms with E-state index in [2.05, 4.69) is 10.6 Å². The number of carbonyl (C=O) groups excluding carboxylic acids is 1. The number of aliphatic hydroxyl groups excluding tert-OH is 1. The van der Waals surface area contributed by atoms with E-state index in [1.807, 2.05) is 13.8 Å². The highest BCUT2D eigenvalue weighted by Crippen LogP contribution is 2.13. The average molecular weight is 304 g/mol. The van der Waals surface area contributed by atoms with Crippen LogP contribution < -0.4 is 10.6 Å². The highest BCUT2D eigenvalue weighted by molar-refractivity contribution is 5.73. The van der Waals surface area contributed by atoms with E-state index >= 15 is 0 Å². The topological polar surface area (TPSA) is 61.4 Å². The predicted molar refractivity (Wildman–Crippen MR) is 72.3 cm³/mol. The molecule has 0 heterocycles. The fourth-order valence-electron chi connectivity index (χ4n) is 1.57. The van der Waals surface area contributed by atoms with Gasteiger partial charge in [-0.2, -0.15) is 0 Å². The lowest BCUT2D eigenvalue weighted by Gasteiger charge is -2.15. The summed E-state index contributed by atoms with van der Waals surface area (Å²) in [5, 5.41) is 14.5. The summed E-state index contributed by atoms with van der Waals surface area (Å²) in [7, 11) is 0. The number of benzene rings is 1. The molecule has 0 saturated carbocycles. The van der Waals surface area contributed by atoms with E-state index in [9.17, 15) is 23.1 Å². The third kappa shape index (κ3) is 5.63. The van der Waals surface area contributed by atoms with Crippen molar-refractivity contribution in [1.82, 2.24) is 10.6 Å². The van der Waals surface area contributed by atoms with Gasteiger partial charge in [0.15, 0.2) is 17.5 Å². The van der Waals surface area contributed by atoms with Crippen LogP contribution in [-0.4, -0.2) is 30.3 Å². The van der Waals surface area contributed by atoms with Crippen molar-refractivity contribution < 1.29 is 23.1 Å². The molecule has 1 atom stereocenters. The van der Waals surface area contributed by atoms with Gasteiger partial charge in [0.2, 0.25) is 0 Å². The Morgan fingerprint density at radius 1 is 1.19 bits per heavy atom. The highest BCUT2D eigenvalue weighted by Gasteiger charge is 2.12. The molecule has 0 aliphatic carbocycles. The summed E-state index contributed by atoms with van der Waals surface area (Å²) in [5.74, 6) is -3.99. The van der Waals surface area contributed by atoms with Gasteiger partial charge in [-0.15, -0.1) is 0 Å². The number of urea groups is 1. The molecule has 0 fully saturated rings. The van der Waals surface area contributed by atoms with Crippen LogP contribution in [0.5, 0.6) is 0 Å². The van der Waals surface area contributed by atoms with Gasteiger partial charge in [0.25, 0.3) is 0 Å². The summed E-state index contributed by atoms with van der Waals surface area (Å²) in [5.41, 5.74) is 0.244. The molecule has 1 unspecified atom stereocenters. The molecule has 0 bridgehead atoms. The largest absolute Gasteiger partial charge is 0.391 e. The summed E-state index contributed by atoms with van der Waals surface area (Å²) in [6.07, 6.45) is -0.482. The summed E-state index contributed by atoms with van der Waals surface area (Å²) in [6, 6.07) is 1.29. The van der Waals surface area contributed by atoms with E-state index in [-0.39, 0.29) is 31.0 Å². The first-order valence-electron chi connectivity index (χ1n) is 6.64. The number of carbonyl (C=O) groups is 1. The molecule has 1 aromatic carbocycles. The lowest BCUT2D eigenvalue weighted by molar-refractivity contribution is 0.125. The third-order valence-corrected chi connectivity index (χ3v) is 2.98. The summed E-state index contributed by atoms with van der Waals surface area (Å²) >= 11 is 0. The van der Waals surface area contributed by atoms with Crippen molar-refractivity contribution in [1.29, 1.82) is 0 Å². The van der Waals surface area contributed by atoms with Crippen LogP contribution in [0.4, 0.5) is 18.0 Å². The second-order valence-electron chi connectivity index (χ2n) is 5.07. The zero-order valence-corrected chi connectivity index (χ0v) is 11.9. The highest BCUT2D eigenvalue weighted by atomic mass is 19.2. The van der Waals surface area contributed by atoms with Crippen molar-refractivity contribution >= 4 is 6.03 Å². The maximum absolute atomic E-state index is 13.0. The second kappa shape index (κ2) is 7.87. The molecule has 1 rings (SSSR count). The molecule has 0 radical (unpaired) electrons. The van der Waals surface area contributed by atoms with Gasteiger partial charge >= 0.3 is 6.03 Å². The van der Waals surface area contributed by atoms with Gasteiger partial charge in [-0.3, -0.25) is 0 Å². The van der Waals surface area contributed by atoms with Crippen molar-refractivity contribution in [3.63, 3.8) is 0 Å². The van der Waals surface area contributed by atoms with Crippen LogP contribution in [-0.2, 0) is 6.42 Å². The number of amides is 2. The Bertz CT molecular complexity index is 472. The molecule has 21 heavy (non-hydrogen) atoms. The first-order chi connectivity index (χ1) is 9.81. The SMILES string of the molecule is CC(C)C(O)CNC(=O)NCCc1cc(F)c(F)c(F)c1. The van der Waals surface area contributed by atoms with E-state index in [1.54, 1.807) is 0 Å². The molecule has 2 amide bonds. The second-order valence-corrected chi connectivity index (χ2v) is 5.07. The number of rotatable bonds is 6. The van der Waals surface area contributed by atoms with E-state index in [0.29, 0.717) is 0 Å². The molecule has 3 N–H and O–H groups in total. The van der Waals surface area contributed by atoms with E-state index in [1.165, 1.54) is 0 Å². The number of hydrogen-bond donors (Lipinski definition) is 3. The van der Waals surface area contributed by atoms with Gasteiger partial charge in [0.1, 0.15) is 0 Å². The van der Waals surface area contributed by atoms with Crippen LogP contribution in [0.2, 0.25) is 0 Å². The predicted octanol–water partition coefficient (Wildman–Crippen LogP) is 1.96. The van der Waals surface area contributed by atoms with Crippen LogP contribution in [0.25, 0.3) is 0 Å². The Labute approximate surface area is 121 Å². The Morgan fingerprint density at radius 2 is 1.76 bits per heavy atom. The summed E-state index contributed by atoms with van der Waals surface area (Å²) in [6.45, 7) is 3.89. The Balaban J connectivity index is 2.35. The van der Waals surface area contributed by atoms with Crippen LogP contribution in [0.3, 0.4) is 0 Å². The number of nitrogens with one attached hydrogen (secondary N) is 2. The standard InChI is InChI=1S/C14H19F3N2O2/c1-8(2)12(20)7-19-14(21)18-4-3-9-5-10(15)13(17)11(16)6-9/h5-6,8,12,20H,3-4,7H2,1-2H3,(H2,18,19,21). The van der Waals surface area contributed by atoms with Gasteiger partial charge in [0.05, 0.1) is 6.10 Å². The smallest absolute Gasteiger partial charge is 0.314 e. The Hall–Kier alpha value is -1.76. The molecule has 0 saturated heterocycles. The van der Waals surface area contributed by atoms with E-state index in [0.717, 1.165) is 12.1 Å². The van der Waals surface area contributed by atoms with E-state index in [4.69, 9.17) is 0 Å². The number of aliphatic hydroxyl groups is 1. The molecular formula is C14H19F3N2O2. The molecule has 0 aliphatic heterocycles. The Morgan fingerprint density at radius 3 is 2.29 bits per heavy atom. The van der Waals surface area contributed by atoms with Crippen molar-refractivity contribution in [3.8, 4) is 0 Å².